The molecule has 4 rings (SSSR count). The molecule has 0 spiro atoms. The summed E-state index contributed by atoms with van der Waals surface area (Å²) in [7, 11) is 0. The molecule has 0 saturated carbocycles. The summed E-state index contributed by atoms with van der Waals surface area (Å²) < 4.78 is 33.5. The number of carbonyl (C=O) groups is 2. The number of carbonyl (C=O) groups excluding carboxylic acids is 2. The van der Waals surface area contributed by atoms with Crippen LogP contribution in [0.4, 0.5) is 8.78 Å². The lowest BCUT2D eigenvalue weighted by Crippen LogP contribution is -2.49. The maximum atomic E-state index is 13.7. The molecular weight excluding hydrogens is 388 g/mol. The summed E-state index contributed by atoms with van der Waals surface area (Å²) in [6, 6.07) is 2.63. The van der Waals surface area contributed by atoms with Crippen molar-refractivity contribution in [3.8, 4) is 5.75 Å². The van der Waals surface area contributed by atoms with E-state index in [1.54, 1.807) is 6.92 Å². The molecule has 3 heterocycles. The molecule has 29 heavy (non-hydrogen) atoms. The van der Waals surface area contributed by atoms with Crippen molar-refractivity contribution in [3.05, 3.63) is 63.1 Å². The second-order valence-electron chi connectivity index (χ2n) is 6.94. The van der Waals surface area contributed by atoms with Gasteiger partial charge < -0.3 is 24.6 Å². The first-order valence-corrected chi connectivity index (χ1v) is 8.90. The van der Waals surface area contributed by atoms with Crippen molar-refractivity contribution in [1.29, 1.82) is 0 Å². The Bertz CT molecular complexity index is 1080. The number of nitrogens with zero attached hydrogens (tertiary/aromatic N) is 2. The molecule has 1 saturated heterocycles. The molecule has 2 atom stereocenters. The van der Waals surface area contributed by atoms with Crippen LogP contribution in [-0.4, -0.2) is 45.3 Å². The Morgan fingerprint density at radius 2 is 2.10 bits per heavy atom. The maximum absolute atomic E-state index is 13.7. The zero-order valence-electron chi connectivity index (χ0n) is 15.3. The maximum Gasteiger partial charge on any atom is 0.276 e. The topological polar surface area (TPSA) is 101 Å². The van der Waals surface area contributed by atoms with Gasteiger partial charge in [-0.05, 0) is 13.0 Å². The van der Waals surface area contributed by atoms with Gasteiger partial charge in [-0.15, -0.1) is 0 Å². The number of amides is 2. The third-order valence-corrected chi connectivity index (χ3v) is 5.11. The number of nitrogens with one attached hydrogen (secondary N) is 1. The van der Waals surface area contributed by atoms with Gasteiger partial charge in [0.25, 0.3) is 11.8 Å². The first-order chi connectivity index (χ1) is 13.8. The quantitative estimate of drug-likeness (QED) is 0.792. The Balaban J connectivity index is 1.62. The molecule has 2 aliphatic rings. The average Bonchev–Trinajstić information content (AvgIpc) is 3.04. The van der Waals surface area contributed by atoms with Crippen LogP contribution in [0.3, 0.4) is 0 Å². The summed E-state index contributed by atoms with van der Waals surface area (Å²) in [5, 5.41) is 12.7. The molecule has 2 amide bonds. The van der Waals surface area contributed by atoms with Crippen LogP contribution in [0.2, 0.25) is 0 Å². The van der Waals surface area contributed by atoms with E-state index in [2.05, 4.69) is 5.32 Å². The van der Waals surface area contributed by atoms with Crippen molar-refractivity contribution >= 4 is 11.8 Å². The highest BCUT2D eigenvalue weighted by molar-refractivity contribution is 5.99. The highest BCUT2D eigenvalue weighted by Gasteiger charge is 2.42. The van der Waals surface area contributed by atoms with E-state index in [1.807, 2.05) is 0 Å². The largest absolute Gasteiger partial charge is 0.503 e. The standard InChI is InChI=1S/C19H17F2N3O5/c1-9-24-12(8-29-9)6-23-7-13(16(25)17(26)15(23)19(24)28)18(27)22-5-10-2-3-11(20)4-14(10)21/h2-4,7,9,12,26H,5-6,8H2,1H3,(H,22,27)/t9-,12+/m1/s1. The zero-order valence-corrected chi connectivity index (χ0v) is 15.3. The summed E-state index contributed by atoms with van der Waals surface area (Å²) in [5.41, 5.74) is -1.57. The molecule has 0 radical (unpaired) electrons. The van der Waals surface area contributed by atoms with E-state index in [4.69, 9.17) is 4.74 Å². The third kappa shape index (κ3) is 3.15. The summed E-state index contributed by atoms with van der Waals surface area (Å²) >= 11 is 0. The monoisotopic (exact) mass is 405 g/mol. The molecule has 2 N–H and O–H groups in total. The van der Waals surface area contributed by atoms with E-state index >= 15 is 0 Å². The zero-order chi connectivity index (χ0) is 20.9. The van der Waals surface area contributed by atoms with Gasteiger partial charge in [0, 0.05) is 30.9 Å². The average molecular weight is 405 g/mol. The highest BCUT2D eigenvalue weighted by atomic mass is 19.1. The van der Waals surface area contributed by atoms with Gasteiger partial charge in [-0.3, -0.25) is 14.4 Å². The van der Waals surface area contributed by atoms with Gasteiger partial charge in [-0.2, -0.15) is 0 Å². The van der Waals surface area contributed by atoms with Gasteiger partial charge in [0.15, 0.2) is 11.4 Å². The van der Waals surface area contributed by atoms with Crippen molar-refractivity contribution in [1.82, 2.24) is 14.8 Å². The van der Waals surface area contributed by atoms with Crippen molar-refractivity contribution in [2.75, 3.05) is 6.61 Å². The van der Waals surface area contributed by atoms with Gasteiger partial charge in [-0.25, -0.2) is 8.78 Å². The van der Waals surface area contributed by atoms with E-state index in [1.165, 1.54) is 21.7 Å². The van der Waals surface area contributed by atoms with Crippen LogP contribution in [0.25, 0.3) is 0 Å². The second kappa shape index (κ2) is 6.96. The van der Waals surface area contributed by atoms with E-state index in [9.17, 15) is 28.3 Å². The number of hydrogen-bond acceptors (Lipinski definition) is 5. The van der Waals surface area contributed by atoms with E-state index < -0.39 is 40.9 Å². The number of hydrogen-bond donors (Lipinski definition) is 2. The Morgan fingerprint density at radius 3 is 2.83 bits per heavy atom. The van der Waals surface area contributed by atoms with E-state index in [0.717, 1.165) is 6.07 Å². The molecule has 0 aliphatic carbocycles. The lowest BCUT2D eigenvalue weighted by atomic mass is 10.1. The molecule has 2 aliphatic heterocycles. The summed E-state index contributed by atoms with van der Waals surface area (Å²) in [6.07, 6.45) is 0.718. The van der Waals surface area contributed by atoms with Crippen LogP contribution < -0.4 is 10.7 Å². The van der Waals surface area contributed by atoms with Gasteiger partial charge in [0.05, 0.1) is 12.6 Å². The Hall–Kier alpha value is -3.27. The number of halogens is 2. The second-order valence-corrected chi connectivity index (χ2v) is 6.94. The predicted molar refractivity (Wildman–Crippen MR) is 95.3 cm³/mol. The fourth-order valence-electron chi connectivity index (χ4n) is 3.64. The molecule has 8 nitrogen and oxygen atoms in total. The van der Waals surface area contributed by atoms with Crippen LogP contribution in [0, 0.1) is 11.6 Å². The van der Waals surface area contributed by atoms with Crippen molar-refractivity contribution in [2.45, 2.75) is 32.3 Å². The minimum atomic E-state index is -1.01. The number of aromatic nitrogens is 1. The molecule has 152 valence electrons. The van der Waals surface area contributed by atoms with Crippen molar-refractivity contribution in [3.63, 3.8) is 0 Å². The summed E-state index contributed by atoms with van der Waals surface area (Å²) in [4.78, 5) is 39.1. The van der Waals surface area contributed by atoms with Crippen molar-refractivity contribution in [2.24, 2.45) is 0 Å². The number of rotatable bonds is 3. The van der Waals surface area contributed by atoms with Crippen LogP contribution in [0.1, 0.15) is 33.3 Å². The van der Waals surface area contributed by atoms with Gasteiger partial charge in [0.1, 0.15) is 23.4 Å². The van der Waals surface area contributed by atoms with E-state index in [-0.39, 0.29) is 36.0 Å². The first kappa shape index (κ1) is 19.1. The smallest absolute Gasteiger partial charge is 0.276 e. The molecular formula is C19H17F2N3O5. The lowest BCUT2D eigenvalue weighted by Gasteiger charge is -2.33. The molecule has 1 fully saturated rings. The molecule has 0 unspecified atom stereocenters. The lowest BCUT2D eigenvalue weighted by molar-refractivity contribution is 0.0303. The fraction of sp³-hybridized carbons (Fsp3) is 0.316. The van der Waals surface area contributed by atoms with Gasteiger partial charge in [-0.1, -0.05) is 6.07 Å². The predicted octanol–water partition coefficient (Wildman–Crippen LogP) is 0.963. The SMILES string of the molecule is C[C@H]1OC[C@@H]2Cn3cc(C(=O)NCc4ccc(F)cc4F)c(=O)c(O)c3C(=O)N21. The normalized spacial score (nSPS) is 20.4. The highest BCUT2D eigenvalue weighted by Crippen LogP contribution is 2.29. The minimum Gasteiger partial charge on any atom is -0.503 e. The Labute approximate surface area is 163 Å². The third-order valence-electron chi connectivity index (χ3n) is 5.11. The Kier molecular flexibility index (Phi) is 4.58. The number of aromatic hydroxyl groups is 1. The molecule has 2 aromatic rings. The van der Waals surface area contributed by atoms with Crippen LogP contribution in [0.5, 0.6) is 5.75 Å². The number of ether oxygens (including phenoxy) is 1. The summed E-state index contributed by atoms with van der Waals surface area (Å²) in [5.74, 6) is -3.82. The van der Waals surface area contributed by atoms with Gasteiger partial charge >= 0.3 is 0 Å². The van der Waals surface area contributed by atoms with Crippen LogP contribution >= 0.6 is 0 Å². The fourth-order valence-corrected chi connectivity index (χ4v) is 3.64. The van der Waals surface area contributed by atoms with E-state index in [0.29, 0.717) is 12.7 Å². The Morgan fingerprint density at radius 1 is 1.34 bits per heavy atom. The van der Waals surface area contributed by atoms with Crippen molar-refractivity contribution < 1.29 is 28.2 Å². The molecule has 1 aromatic carbocycles. The van der Waals surface area contributed by atoms with Crippen LogP contribution in [0.15, 0.2) is 29.2 Å². The number of pyridine rings is 1. The first-order valence-electron chi connectivity index (χ1n) is 8.90. The molecule has 1 aromatic heterocycles. The van der Waals surface area contributed by atoms with Gasteiger partial charge in [0.2, 0.25) is 5.43 Å². The minimum absolute atomic E-state index is 0.0324. The number of fused-ring (bicyclic) bond motifs is 2. The van der Waals surface area contributed by atoms with Crippen LogP contribution in [-0.2, 0) is 17.8 Å². The summed E-state index contributed by atoms with van der Waals surface area (Å²) in [6.45, 7) is 1.95. The number of benzene rings is 1. The molecule has 0 bridgehead atoms. The molecule has 10 heteroatoms.